The van der Waals surface area contributed by atoms with Gasteiger partial charge in [-0.2, -0.15) is 5.10 Å². The lowest BCUT2D eigenvalue weighted by Crippen LogP contribution is -2.33. The highest BCUT2D eigenvalue weighted by Gasteiger charge is 2.32. The molecule has 1 aliphatic rings. The fourth-order valence-corrected chi connectivity index (χ4v) is 4.27. The van der Waals surface area contributed by atoms with Gasteiger partial charge in [-0.3, -0.25) is 14.4 Å². The van der Waals surface area contributed by atoms with Gasteiger partial charge in [-0.1, -0.05) is 24.3 Å². The molecule has 0 spiro atoms. The van der Waals surface area contributed by atoms with Gasteiger partial charge in [0.15, 0.2) is 0 Å². The Morgan fingerprint density at radius 1 is 1.24 bits per heavy atom. The first-order valence-electron chi connectivity index (χ1n) is 10.8. The van der Waals surface area contributed by atoms with Gasteiger partial charge in [0, 0.05) is 38.8 Å². The van der Waals surface area contributed by atoms with Crippen molar-refractivity contribution in [3.05, 3.63) is 70.2 Å². The minimum Gasteiger partial charge on any atom is -0.442 e. The Labute approximate surface area is 205 Å². The molecule has 1 saturated heterocycles. The average Bonchev–Trinajstić information content (AvgIpc) is 3.33. The number of anilines is 1. The fraction of sp³-hybridized carbons (Fsp3) is 0.292. The molecule has 2 amide bonds. The molecule has 10 heteroatoms. The predicted molar refractivity (Wildman–Crippen MR) is 130 cm³/mol. The first kappa shape index (κ1) is 23.9. The van der Waals surface area contributed by atoms with Crippen molar-refractivity contribution in [1.82, 2.24) is 20.4 Å². The lowest BCUT2D eigenvalue weighted by Gasteiger charge is -2.15. The van der Waals surface area contributed by atoms with Crippen molar-refractivity contribution < 1.29 is 18.7 Å². The first-order chi connectivity index (χ1) is 16.3. The molecular weight excluding hydrogens is 505 g/mol. The van der Waals surface area contributed by atoms with E-state index in [1.54, 1.807) is 16.8 Å². The summed E-state index contributed by atoms with van der Waals surface area (Å²) in [4.78, 5) is 24.6. The third kappa shape index (κ3) is 5.63. The van der Waals surface area contributed by atoms with E-state index < -0.39 is 18.0 Å². The Bertz CT molecular complexity index is 1200. The van der Waals surface area contributed by atoms with Crippen LogP contribution in [0.3, 0.4) is 0 Å². The summed E-state index contributed by atoms with van der Waals surface area (Å²) in [6.45, 7) is 3.14. The first-order valence-corrected chi connectivity index (χ1v) is 11.6. The number of aromatic nitrogens is 2. The summed E-state index contributed by atoms with van der Waals surface area (Å²) in [5.74, 6) is -0.630. The molecule has 0 bridgehead atoms. The van der Waals surface area contributed by atoms with E-state index in [4.69, 9.17) is 4.74 Å². The molecule has 34 heavy (non-hydrogen) atoms. The van der Waals surface area contributed by atoms with Gasteiger partial charge in [0.2, 0.25) is 5.91 Å². The van der Waals surface area contributed by atoms with Crippen molar-refractivity contribution in [2.24, 2.45) is 7.05 Å². The van der Waals surface area contributed by atoms with Crippen LogP contribution in [0.2, 0.25) is 0 Å². The summed E-state index contributed by atoms with van der Waals surface area (Å²) in [6, 6.07) is 12.3. The second kappa shape index (κ2) is 10.4. The number of nitrogens with zero attached hydrogens (tertiary/aromatic N) is 3. The molecule has 2 aromatic carbocycles. The fourth-order valence-electron chi connectivity index (χ4n) is 3.76. The van der Waals surface area contributed by atoms with Crippen LogP contribution in [0.5, 0.6) is 0 Å². The number of cyclic esters (lactones) is 1. The number of rotatable bonds is 8. The molecule has 0 radical (unpaired) electrons. The van der Waals surface area contributed by atoms with Gasteiger partial charge in [0.05, 0.1) is 28.9 Å². The molecule has 0 aliphatic carbocycles. The zero-order chi connectivity index (χ0) is 24.2. The molecule has 8 nitrogen and oxygen atoms in total. The number of aryl methyl sites for hydroxylation is 1. The number of halogens is 2. The normalized spacial score (nSPS) is 15.5. The van der Waals surface area contributed by atoms with E-state index in [1.165, 1.54) is 17.9 Å². The topological polar surface area (TPSA) is 88.5 Å². The van der Waals surface area contributed by atoms with Gasteiger partial charge in [-0.25, -0.2) is 9.18 Å². The highest BCUT2D eigenvalue weighted by Crippen LogP contribution is 2.29. The second-order valence-corrected chi connectivity index (χ2v) is 8.97. The Morgan fingerprint density at radius 2 is 2.00 bits per heavy atom. The van der Waals surface area contributed by atoms with E-state index in [-0.39, 0.29) is 19.0 Å². The van der Waals surface area contributed by atoms with Gasteiger partial charge >= 0.3 is 6.09 Å². The number of ether oxygens (including phenoxy) is 1. The summed E-state index contributed by atoms with van der Waals surface area (Å²) in [6.07, 6.45) is 0.874. The Morgan fingerprint density at radius 3 is 2.65 bits per heavy atom. The zero-order valence-corrected chi connectivity index (χ0v) is 20.4. The molecule has 1 aromatic heterocycles. The van der Waals surface area contributed by atoms with E-state index in [1.807, 2.05) is 37.5 Å². The quantitative estimate of drug-likeness (QED) is 0.464. The lowest BCUT2D eigenvalue weighted by molar-refractivity contribution is -0.119. The third-order valence-electron chi connectivity index (χ3n) is 5.46. The maximum absolute atomic E-state index is 14.9. The standard InChI is InChI=1S/C24H25BrFN5O3/c1-15(32)28-11-19-13-31(24(33)34-19)18-7-8-20(22(26)9-18)17-5-3-16(4-6-17)10-27-12-23-21(25)14-30(2)29-23/h3-9,14,19,27H,10-13H2,1-2H3,(H,28,32). The number of carbonyl (C=O) groups is 2. The Hall–Kier alpha value is -3.24. The molecule has 2 N–H and O–H groups in total. The average molecular weight is 530 g/mol. The van der Waals surface area contributed by atoms with Gasteiger partial charge in [-0.15, -0.1) is 0 Å². The summed E-state index contributed by atoms with van der Waals surface area (Å²) >= 11 is 3.49. The number of amides is 2. The summed E-state index contributed by atoms with van der Waals surface area (Å²) in [5, 5.41) is 10.4. The number of hydrogen-bond donors (Lipinski definition) is 2. The van der Waals surface area contributed by atoms with Crippen molar-refractivity contribution in [3.63, 3.8) is 0 Å². The van der Waals surface area contributed by atoms with Crippen molar-refractivity contribution in [3.8, 4) is 11.1 Å². The van der Waals surface area contributed by atoms with Gasteiger partial charge in [0.25, 0.3) is 0 Å². The van der Waals surface area contributed by atoms with Crippen LogP contribution < -0.4 is 15.5 Å². The molecule has 1 aliphatic heterocycles. The van der Waals surface area contributed by atoms with Gasteiger partial charge < -0.3 is 15.4 Å². The van der Waals surface area contributed by atoms with Crippen LogP contribution >= 0.6 is 15.9 Å². The minimum absolute atomic E-state index is 0.201. The van der Waals surface area contributed by atoms with E-state index >= 15 is 0 Å². The maximum atomic E-state index is 14.9. The molecule has 1 unspecified atom stereocenters. The van der Waals surface area contributed by atoms with Gasteiger partial charge in [0.1, 0.15) is 11.9 Å². The highest BCUT2D eigenvalue weighted by molar-refractivity contribution is 9.10. The largest absolute Gasteiger partial charge is 0.442 e. The maximum Gasteiger partial charge on any atom is 0.414 e. The van der Waals surface area contributed by atoms with Crippen molar-refractivity contribution in [2.75, 3.05) is 18.0 Å². The van der Waals surface area contributed by atoms with Crippen molar-refractivity contribution >= 4 is 33.6 Å². The molecule has 1 atom stereocenters. The highest BCUT2D eigenvalue weighted by atomic mass is 79.9. The molecule has 178 valence electrons. The number of benzene rings is 2. The van der Waals surface area contributed by atoms with Crippen molar-refractivity contribution in [1.29, 1.82) is 0 Å². The van der Waals surface area contributed by atoms with E-state index in [2.05, 4.69) is 31.7 Å². The summed E-state index contributed by atoms with van der Waals surface area (Å²) < 4.78 is 22.9. The summed E-state index contributed by atoms with van der Waals surface area (Å²) in [5.41, 5.74) is 3.61. The predicted octanol–water partition coefficient (Wildman–Crippen LogP) is 3.74. The molecule has 4 rings (SSSR count). The molecule has 0 saturated carbocycles. The van der Waals surface area contributed by atoms with Crippen LogP contribution in [-0.2, 0) is 29.7 Å². The zero-order valence-electron chi connectivity index (χ0n) is 18.8. The number of hydrogen-bond acceptors (Lipinski definition) is 5. The number of carbonyl (C=O) groups excluding carboxylic acids is 2. The van der Waals surface area contributed by atoms with Crippen LogP contribution in [0.15, 0.2) is 53.1 Å². The Kier molecular flexibility index (Phi) is 7.28. The SMILES string of the molecule is CC(=O)NCC1CN(c2ccc(-c3ccc(CNCc4nn(C)cc4Br)cc3)c(F)c2)C(=O)O1. The smallest absolute Gasteiger partial charge is 0.414 e. The molecule has 1 fully saturated rings. The minimum atomic E-state index is -0.558. The third-order valence-corrected chi connectivity index (χ3v) is 6.12. The number of nitrogens with one attached hydrogen (secondary N) is 2. The molecular formula is C24H25BrFN5O3. The Balaban J connectivity index is 1.37. The second-order valence-electron chi connectivity index (χ2n) is 8.12. The van der Waals surface area contributed by atoms with E-state index in [9.17, 15) is 14.0 Å². The monoisotopic (exact) mass is 529 g/mol. The molecule has 2 heterocycles. The van der Waals surface area contributed by atoms with Crippen LogP contribution in [0.1, 0.15) is 18.2 Å². The van der Waals surface area contributed by atoms with Crippen LogP contribution in [0.25, 0.3) is 11.1 Å². The van der Waals surface area contributed by atoms with Crippen LogP contribution in [0, 0.1) is 5.82 Å². The van der Waals surface area contributed by atoms with Crippen molar-refractivity contribution in [2.45, 2.75) is 26.1 Å². The molecule has 3 aromatic rings. The lowest BCUT2D eigenvalue weighted by atomic mass is 10.0. The van der Waals surface area contributed by atoms with E-state index in [0.717, 1.165) is 21.3 Å². The summed E-state index contributed by atoms with van der Waals surface area (Å²) in [7, 11) is 1.88. The van der Waals surface area contributed by atoms with Gasteiger partial charge in [-0.05, 0) is 45.3 Å². The van der Waals surface area contributed by atoms with E-state index in [0.29, 0.717) is 24.3 Å². The van der Waals surface area contributed by atoms with Crippen LogP contribution in [0.4, 0.5) is 14.9 Å². The van der Waals surface area contributed by atoms with Crippen LogP contribution in [-0.4, -0.2) is 41.0 Å².